The molecule has 2 aliphatic rings. The van der Waals surface area contributed by atoms with Crippen LogP contribution in [0.1, 0.15) is 35.6 Å². The maximum absolute atomic E-state index is 13.9. The summed E-state index contributed by atoms with van der Waals surface area (Å²) in [5.74, 6) is -2.81. The molecule has 2 heterocycles. The fraction of sp³-hybridized carbons (Fsp3) is 0.320. The molecule has 0 spiro atoms. The molecule has 0 bridgehead atoms. The monoisotopic (exact) mass is 467 g/mol. The molecule has 3 atom stereocenters. The number of methoxy groups -OCH3 is 3. The highest BCUT2D eigenvalue weighted by Crippen LogP contribution is 2.49. The van der Waals surface area contributed by atoms with E-state index in [2.05, 4.69) is 5.32 Å². The third-order valence-corrected chi connectivity index (χ3v) is 7.19. The topological polar surface area (TPSA) is 90.9 Å². The van der Waals surface area contributed by atoms with E-state index in [1.54, 1.807) is 26.2 Å². The zero-order chi connectivity index (χ0) is 23.7. The number of nitrogens with one attached hydrogen (secondary N) is 1. The van der Waals surface area contributed by atoms with Gasteiger partial charge in [-0.15, -0.1) is 11.3 Å². The number of thiophene rings is 1. The van der Waals surface area contributed by atoms with Crippen LogP contribution < -0.4 is 10.1 Å². The largest absolute Gasteiger partial charge is 0.497 e. The average molecular weight is 468 g/mol. The minimum absolute atomic E-state index is 0.344. The fourth-order valence-corrected chi connectivity index (χ4v) is 5.56. The van der Waals surface area contributed by atoms with Gasteiger partial charge in [0.05, 0.1) is 32.8 Å². The molecule has 3 unspecified atom stereocenters. The minimum atomic E-state index is -1.02. The van der Waals surface area contributed by atoms with Gasteiger partial charge in [-0.05, 0) is 42.5 Å². The summed E-state index contributed by atoms with van der Waals surface area (Å²) in [5.41, 5.74) is 2.98. The van der Waals surface area contributed by atoms with Crippen LogP contribution in [0.3, 0.4) is 0 Å². The van der Waals surface area contributed by atoms with Crippen molar-refractivity contribution in [3.05, 3.63) is 74.8 Å². The predicted octanol–water partition coefficient (Wildman–Crippen LogP) is 3.69. The van der Waals surface area contributed by atoms with Gasteiger partial charge in [-0.25, -0.2) is 4.79 Å². The van der Waals surface area contributed by atoms with E-state index in [0.29, 0.717) is 34.7 Å². The number of ether oxygens (including phenoxy) is 3. The van der Waals surface area contributed by atoms with E-state index >= 15 is 0 Å². The van der Waals surface area contributed by atoms with Crippen molar-refractivity contribution in [2.24, 2.45) is 5.92 Å². The van der Waals surface area contributed by atoms with E-state index in [0.717, 1.165) is 10.4 Å². The second kappa shape index (κ2) is 9.23. The Labute approximate surface area is 196 Å². The molecule has 0 saturated carbocycles. The highest BCUT2D eigenvalue weighted by atomic mass is 32.1. The Morgan fingerprint density at radius 1 is 1.06 bits per heavy atom. The van der Waals surface area contributed by atoms with Crippen LogP contribution in [0.4, 0.5) is 0 Å². The number of carbonyl (C=O) groups is 3. The van der Waals surface area contributed by atoms with Crippen LogP contribution in [0.15, 0.2) is 64.3 Å². The normalized spacial score (nSPS) is 22.4. The van der Waals surface area contributed by atoms with Crippen molar-refractivity contribution in [2.45, 2.75) is 25.2 Å². The van der Waals surface area contributed by atoms with Gasteiger partial charge in [0.15, 0.2) is 5.78 Å². The number of hydrogen-bond donors (Lipinski definition) is 1. The second-order valence-electron chi connectivity index (χ2n) is 7.94. The molecule has 172 valence electrons. The number of allylic oxidation sites excluding steroid dienone is 3. The molecule has 1 N–H and O–H groups in total. The number of dihydropyridines is 1. The molecule has 8 heteroatoms. The third-order valence-electron chi connectivity index (χ3n) is 6.25. The van der Waals surface area contributed by atoms with Crippen LogP contribution in [0.2, 0.25) is 0 Å². The van der Waals surface area contributed by atoms with Crippen molar-refractivity contribution in [1.29, 1.82) is 0 Å². The average Bonchev–Trinajstić information content (AvgIpc) is 3.37. The summed E-state index contributed by atoms with van der Waals surface area (Å²) in [5, 5.41) is 5.17. The summed E-state index contributed by atoms with van der Waals surface area (Å²) in [6.45, 7) is 1.80. The van der Waals surface area contributed by atoms with Crippen LogP contribution in [-0.2, 0) is 23.9 Å². The predicted molar refractivity (Wildman–Crippen MR) is 123 cm³/mol. The molecule has 1 aromatic heterocycles. The van der Waals surface area contributed by atoms with Crippen LogP contribution in [0, 0.1) is 5.92 Å². The Morgan fingerprint density at radius 3 is 2.36 bits per heavy atom. The summed E-state index contributed by atoms with van der Waals surface area (Å²) in [7, 11) is 4.18. The SMILES string of the molecule is COC(=O)C1=C(C)NC2=C(C(=O)C(C(=O)OC)C(c3ccc(OC)cc3)C2)C1c1cccs1. The lowest BCUT2D eigenvalue weighted by atomic mass is 9.68. The van der Waals surface area contributed by atoms with Gasteiger partial charge in [-0.3, -0.25) is 9.59 Å². The van der Waals surface area contributed by atoms with Gasteiger partial charge >= 0.3 is 11.9 Å². The zero-order valence-electron chi connectivity index (χ0n) is 18.8. The summed E-state index contributed by atoms with van der Waals surface area (Å²) in [4.78, 5) is 40.4. The van der Waals surface area contributed by atoms with Crippen LogP contribution in [0.5, 0.6) is 5.75 Å². The Hall–Kier alpha value is -3.39. The molecular weight excluding hydrogens is 442 g/mol. The maximum atomic E-state index is 13.9. The number of rotatable bonds is 5. The number of Topliss-reactive ketones (excluding diaryl/α,β-unsaturated/α-hetero) is 1. The summed E-state index contributed by atoms with van der Waals surface area (Å²) in [6.07, 6.45) is 0.417. The maximum Gasteiger partial charge on any atom is 0.336 e. The number of ketones is 1. The third kappa shape index (κ3) is 3.95. The van der Waals surface area contributed by atoms with E-state index in [4.69, 9.17) is 14.2 Å². The first-order valence-corrected chi connectivity index (χ1v) is 11.4. The van der Waals surface area contributed by atoms with Crippen molar-refractivity contribution in [2.75, 3.05) is 21.3 Å². The molecule has 0 amide bonds. The van der Waals surface area contributed by atoms with Crippen LogP contribution in [-0.4, -0.2) is 39.1 Å². The Kier molecular flexibility index (Phi) is 6.37. The van der Waals surface area contributed by atoms with Gasteiger partial charge in [-0.1, -0.05) is 18.2 Å². The fourth-order valence-electron chi connectivity index (χ4n) is 4.72. The number of hydrogen-bond acceptors (Lipinski definition) is 8. The Morgan fingerprint density at radius 2 is 1.79 bits per heavy atom. The first kappa shape index (κ1) is 22.8. The summed E-state index contributed by atoms with van der Waals surface area (Å²) < 4.78 is 15.3. The van der Waals surface area contributed by atoms with Gasteiger partial charge in [0.25, 0.3) is 0 Å². The smallest absolute Gasteiger partial charge is 0.336 e. The first-order valence-electron chi connectivity index (χ1n) is 10.5. The van der Waals surface area contributed by atoms with Crippen molar-refractivity contribution >= 4 is 29.1 Å². The Bertz CT molecular complexity index is 1150. The van der Waals surface area contributed by atoms with E-state index < -0.39 is 29.7 Å². The minimum Gasteiger partial charge on any atom is -0.497 e. The van der Waals surface area contributed by atoms with E-state index in [-0.39, 0.29) is 5.78 Å². The van der Waals surface area contributed by atoms with Gasteiger partial charge in [0, 0.05) is 27.8 Å². The molecule has 1 aliphatic carbocycles. The molecule has 33 heavy (non-hydrogen) atoms. The highest BCUT2D eigenvalue weighted by Gasteiger charge is 2.49. The van der Waals surface area contributed by atoms with Gasteiger partial charge in [-0.2, -0.15) is 0 Å². The van der Waals surface area contributed by atoms with Crippen molar-refractivity contribution in [3.8, 4) is 5.75 Å². The van der Waals surface area contributed by atoms with Crippen molar-refractivity contribution in [1.82, 2.24) is 5.32 Å². The molecule has 0 saturated heterocycles. The standard InChI is InChI=1S/C25H25NO6S/c1-13-19(24(28)31-3)22(18-6-5-11-33-18)21-17(26-13)12-16(20(23(21)27)25(29)32-4)14-7-9-15(30-2)10-8-14/h5-11,16,20,22,26H,12H2,1-4H3. The van der Waals surface area contributed by atoms with Crippen LogP contribution >= 0.6 is 11.3 Å². The lowest BCUT2D eigenvalue weighted by Crippen LogP contribution is -2.43. The van der Waals surface area contributed by atoms with E-state index in [1.165, 1.54) is 25.6 Å². The molecule has 2 aromatic rings. The quantitative estimate of drug-likeness (QED) is 0.530. The lowest BCUT2D eigenvalue weighted by Gasteiger charge is -2.39. The second-order valence-corrected chi connectivity index (χ2v) is 8.92. The molecule has 7 nitrogen and oxygen atoms in total. The van der Waals surface area contributed by atoms with E-state index in [9.17, 15) is 14.4 Å². The summed E-state index contributed by atoms with van der Waals surface area (Å²) in [6, 6.07) is 11.1. The zero-order valence-corrected chi connectivity index (χ0v) is 19.7. The van der Waals surface area contributed by atoms with Gasteiger partial charge in [0.1, 0.15) is 11.7 Å². The van der Waals surface area contributed by atoms with Crippen molar-refractivity contribution in [3.63, 3.8) is 0 Å². The van der Waals surface area contributed by atoms with Gasteiger partial charge in [0.2, 0.25) is 0 Å². The molecule has 0 fully saturated rings. The summed E-state index contributed by atoms with van der Waals surface area (Å²) >= 11 is 1.45. The molecule has 0 radical (unpaired) electrons. The van der Waals surface area contributed by atoms with Crippen molar-refractivity contribution < 1.29 is 28.6 Å². The molecule has 4 rings (SSSR count). The first-order chi connectivity index (χ1) is 15.9. The molecule has 1 aliphatic heterocycles. The Balaban J connectivity index is 1.86. The highest BCUT2D eigenvalue weighted by molar-refractivity contribution is 7.10. The van der Waals surface area contributed by atoms with E-state index in [1.807, 2.05) is 29.6 Å². The van der Waals surface area contributed by atoms with Crippen LogP contribution in [0.25, 0.3) is 0 Å². The van der Waals surface area contributed by atoms with Gasteiger partial charge < -0.3 is 19.5 Å². The molecule has 1 aromatic carbocycles. The molecular formula is C25H25NO6S. The lowest BCUT2D eigenvalue weighted by molar-refractivity contribution is -0.150. The number of carbonyl (C=O) groups excluding carboxylic acids is 3. The number of benzene rings is 1. The number of esters is 2.